The van der Waals surface area contributed by atoms with E-state index in [0.29, 0.717) is 5.92 Å². The van der Waals surface area contributed by atoms with Crippen LogP contribution in [0, 0.1) is 0 Å². The molecule has 0 spiro atoms. The van der Waals surface area contributed by atoms with Gasteiger partial charge in [0.05, 0.1) is 17.9 Å². The van der Waals surface area contributed by atoms with Gasteiger partial charge in [0.15, 0.2) is 0 Å². The molecule has 4 nitrogen and oxygen atoms in total. The standard InChI is InChI=1S/C16H17N3O/c1-11(2)12-3-5-13(6-4-12)16(20)14-9-18-19-8-7-17-10-15(14)19/h3-11,16,20H,1-2H3. The molecule has 0 bridgehead atoms. The molecule has 4 heteroatoms. The van der Waals surface area contributed by atoms with E-state index in [4.69, 9.17) is 0 Å². The van der Waals surface area contributed by atoms with Gasteiger partial charge in [-0.05, 0) is 17.0 Å². The topological polar surface area (TPSA) is 50.4 Å². The van der Waals surface area contributed by atoms with E-state index < -0.39 is 6.10 Å². The maximum absolute atomic E-state index is 10.5. The number of aromatic nitrogens is 3. The second kappa shape index (κ2) is 5.06. The van der Waals surface area contributed by atoms with Crippen molar-refractivity contribution in [1.82, 2.24) is 14.6 Å². The van der Waals surface area contributed by atoms with Crippen LogP contribution in [0.4, 0.5) is 0 Å². The van der Waals surface area contributed by atoms with Gasteiger partial charge >= 0.3 is 0 Å². The number of benzene rings is 1. The van der Waals surface area contributed by atoms with Gasteiger partial charge < -0.3 is 5.11 Å². The molecule has 0 aliphatic carbocycles. The van der Waals surface area contributed by atoms with Crippen LogP contribution in [-0.4, -0.2) is 19.7 Å². The van der Waals surface area contributed by atoms with Crippen molar-refractivity contribution in [3.05, 3.63) is 65.7 Å². The van der Waals surface area contributed by atoms with Crippen LogP contribution < -0.4 is 0 Å². The summed E-state index contributed by atoms with van der Waals surface area (Å²) in [5.41, 5.74) is 3.74. The molecular formula is C16H17N3O. The predicted octanol–water partition coefficient (Wildman–Crippen LogP) is 2.93. The van der Waals surface area contributed by atoms with Gasteiger partial charge in [0.25, 0.3) is 0 Å². The summed E-state index contributed by atoms with van der Waals surface area (Å²) in [6.07, 6.45) is 6.17. The Morgan fingerprint density at radius 2 is 1.75 bits per heavy atom. The van der Waals surface area contributed by atoms with E-state index >= 15 is 0 Å². The normalized spacial score (nSPS) is 13.0. The molecule has 0 aliphatic heterocycles. The number of aliphatic hydroxyl groups excluding tert-OH is 1. The number of hydrogen-bond donors (Lipinski definition) is 1. The fourth-order valence-corrected chi connectivity index (χ4v) is 2.31. The SMILES string of the molecule is CC(C)c1ccc(C(O)c2cnn3ccncc23)cc1. The van der Waals surface area contributed by atoms with Gasteiger partial charge in [-0.1, -0.05) is 38.1 Å². The van der Waals surface area contributed by atoms with Crippen LogP contribution in [0.2, 0.25) is 0 Å². The van der Waals surface area contributed by atoms with Crippen LogP contribution in [0.25, 0.3) is 5.52 Å². The zero-order valence-electron chi connectivity index (χ0n) is 11.6. The maximum atomic E-state index is 10.5. The van der Waals surface area contributed by atoms with Crippen LogP contribution in [0.1, 0.15) is 42.6 Å². The summed E-state index contributed by atoms with van der Waals surface area (Å²) in [4.78, 5) is 4.09. The van der Waals surface area contributed by atoms with Gasteiger partial charge in [-0.2, -0.15) is 5.10 Å². The molecule has 3 aromatic rings. The van der Waals surface area contributed by atoms with E-state index in [1.165, 1.54) is 5.56 Å². The second-order valence-corrected chi connectivity index (χ2v) is 5.23. The molecular weight excluding hydrogens is 250 g/mol. The first-order valence-corrected chi connectivity index (χ1v) is 6.72. The quantitative estimate of drug-likeness (QED) is 0.793. The summed E-state index contributed by atoms with van der Waals surface area (Å²) >= 11 is 0. The lowest BCUT2D eigenvalue weighted by molar-refractivity contribution is 0.222. The van der Waals surface area contributed by atoms with Gasteiger partial charge in [-0.25, -0.2) is 4.52 Å². The number of nitrogens with zero attached hydrogens (tertiary/aromatic N) is 3. The third-order valence-electron chi connectivity index (χ3n) is 3.57. The Bertz CT molecular complexity index is 716. The summed E-state index contributed by atoms with van der Waals surface area (Å²) in [6, 6.07) is 8.07. The van der Waals surface area contributed by atoms with E-state index in [2.05, 4.69) is 36.1 Å². The van der Waals surface area contributed by atoms with Crippen molar-refractivity contribution in [2.24, 2.45) is 0 Å². The third kappa shape index (κ3) is 2.18. The first kappa shape index (κ1) is 12.8. The molecule has 0 amide bonds. The first-order chi connectivity index (χ1) is 9.66. The van der Waals surface area contributed by atoms with Gasteiger partial charge in [0.2, 0.25) is 0 Å². The Balaban J connectivity index is 1.97. The van der Waals surface area contributed by atoms with Gasteiger partial charge in [-0.3, -0.25) is 4.98 Å². The van der Waals surface area contributed by atoms with Crippen molar-refractivity contribution < 1.29 is 5.11 Å². The van der Waals surface area contributed by atoms with E-state index in [9.17, 15) is 5.11 Å². The molecule has 20 heavy (non-hydrogen) atoms. The Morgan fingerprint density at radius 1 is 1.05 bits per heavy atom. The first-order valence-electron chi connectivity index (χ1n) is 6.72. The van der Waals surface area contributed by atoms with Crippen molar-refractivity contribution in [3.8, 4) is 0 Å². The molecule has 0 aliphatic rings. The van der Waals surface area contributed by atoms with Crippen LogP contribution in [0.15, 0.2) is 49.1 Å². The Morgan fingerprint density at radius 3 is 2.45 bits per heavy atom. The third-order valence-corrected chi connectivity index (χ3v) is 3.57. The Labute approximate surface area is 117 Å². The molecule has 0 saturated heterocycles. The number of aliphatic hydroxyl groups is 1. The molecule has 0 radical (unpaired) electrons. The van der Waals surface area contributed by atoms with E-state index in [0.717, 1.165) is 16.6 Å². The molecule has 3 rings (SSSR count). The summed E-state index contributed by atoms with van der Waals surface area (Å²) in [5.74, 6) is 0.488. The molecule has 1 N–H and O–H groups in total. The zero-order valence-corrected chi connectivity index (χ0v) is 11.6. The number of hydrogen-bond acceptors (Lipinski definition) is 3. The zero-order chi connectivity index (χ0) is 14.1. The lowest BCUT2D eigenvalue weighted by Gasteiger charge is -2.12. The van der Waals surface area contributed by atoms with Crippen LogP contribution in [0.5, 0.6) is 0 Å². The molecule has 1 atom stereocenters. The van der Waals surface area contributed by atoms with Crippen molar-refractivity contribution >= 4 is 5.52 Å². The smallest absolute Gasteiger partial charge is 0.108 e. The molecule has 2 heterocycles. The number of rotatable bonds is 3. The minimum Gasteiger partial charge on any atom is -0.384 e. The summed E-state index contributed by atoms with van der Waals surface area (Å²) in [5, 5.41) is 14.8. The lowest BCUT2D eigenvalue weighted by Crippen LogP contribution is -2.00. The highest BCUT2D eigenvalue weighted by Crippen LogP contribution is 2.26. The van der Waals surface area contributed by atoms with E-state index in [-0.39, 0.29) is 0 Å². The summed E-state index contributed by atoms with van der Waals surface area (Å²) < 4.78 is 1.72. The van der Waals surface area contributed by atoms with Crippen molar-refractivity contribution in [2.75, 3.05) is 0 Å². The van der Waals surface area contributed by atoms with Gasteiger partial charge in [0, 0.05) is 18.0 Å². The van der Waals surface area contributed by atoms with Crippen LogP contribution in [-0.2, 0) is 0 Å². The molecule has 0 saturated carbocycles. The van der Waals surface area contributed by atoms with Crippen molar-refractivity contribution in [2.45, 2.75) is 25.9 Å². The highest BCUT2D eigenvalue weighted by molar-refractivity contribution is 5.54. The van der Waals surface area contributed by atoms with Gasteiger partial charge in [-0.15, -0.1) is 0 Å². The highest BCUT2D eigenvalue weighted by Gasteiger charge is 2.15. The average molecular weight is 267 g/mol. The molecule has 1 unspecified atom stereocenters. The van der Waals surface area contributed by atoms with Crippen molar-refractivity contribution in [3.63, 3.8) is 0 Å². The predicted molar refractivity (Wildman–Crippen MR) is 77.6 cm³/mol. The summed E-state index contributed by atoms with van der Waals surface area (Å²) in [7, 11) is 0. The Hall–Kier alpha value is -2.20. The van der Waals surface area contributed by atoms with Crippen molar-refractivity contribution in [1.29, 1.82) is 0 Å². The largest absolute Gasteiger partial charge is 0.384 e. The fraction of sp³-hybridized carbons (Fsp3) is 0.250. The van der Waals surface area contributed by atoms with Crippen LogP contribution in [0.3, 0.4) is 0 Å². The maximum Gasteiger partial charge on any atom is 0.108 e. The van der Waals surface area contributed by atoms with Crippen LogP contribution >= 0.6 is 0 Å². The minimum absolute atomic E-state index is 0.488. The van der Waals surface area contributed by atoms with E-state index in [1.54, 1.807) is 29.3 Å². The average Bonchev–Trinajstić information content (AvgIpc) is 2.90. The molecule has 2 aromatic heterocycles. The second-order valence-electron chi connectivity index (χ2n) is 5.23. The summed E-state index contributed by atoms with van der Waals surface area (Å²) in [6.45, 7) is 4.31. The monoisotopic (exact) mass is 267 g/mol. The number of fused-ring (bicyclic) bond motifs is 1. The lowest BCUT2D eigenvalue weighted by atomic mass is 9.98. The molecule has 1 aromatic carbocycles. The highest BCUT2D eigenvalue weighted by atomic mass is 16.3. The van der Waals surface area contributed by atoms with Gasteiger partial charge in [0.1, 0.15) is 6.10 Å². The molecule has 0 fully saturated rings. The molecule has 102 valence electrons. The fourth-order valence-electron chi connectivity index (χ4n) is 2.31. The van der Waals surface area contributed by atoms with E-state index in [1.807, 2.05) is 12.1 Å². The minimum atomic E-state index is -0.682. The Kier molecular flexibility index (Phi) is 3.24.